The third-order valence-corrected chi connectivity index (χ3v) is 3.49. The van der Waals surface area contributed by atoms with E-state index in [4.69, 9.17) is 0 Å². The quantitative estimate of drug-likeness (QED) is 0.863. The summed E-state index contributed by atoms with van der Waals surface area (Å²) in [4.78, 5) is 9.35. The second-order valence-corrected chi connectivity index (χ2v) is 4.78. The van der Waals surface area contributed by atoms with Crippen molar-refractivity contribution in [2.45, 2.75) is 32.7 Å². The van der Waals surface area contributed by atoms with Crippen molar-refractivity contribution in [1.29, 1.82) is 0 Å². The lowest BCUT2D eigenvalue weighted by Crippen LogP contribution is -2.22. The minimum atomic E-state index is 0.0951. The first-order valence-corrected chi connectivity index (χ1v) is 6.93. The summed E-state index contributed by atoms with van der Waals surface area (Å²) in [6, 6.07) is 0.0951. The third-order valence-electron chi connectivity index (χ3n) is 2.66. The van der Waals surface area contributed by atoms with Crippen LogP contribution in [-0.2, 0) is 6.42 Å². The molecule has 0 amide bonds. The summed E-state index contributed by atoms with van der Waals surface area (Å²) >= 11 is 1.45. The number of hydrogen-bond acceptors (Lipinski definition) is 6. The van der Waals surface area contributed by atoms with Gasteiger partial charge in [0.15, 0.2) is 0 Å². The van der Waals surface area contributed by atoms with Crippen molar-refractivity contribution in [1.82, 2.24) is 24.9 Å². The molecule has 5 nitrogen and oxygen atoms in total. The van der Waals surface area contributed by atoms with E-state index < -0.39 is 0 Å². The second kappa shape index (κ2) is 6.51. The lowest BCUT2D eigenvalue weighted by molar-refractivity contribution is 0.626. The fraction of sp³-hybridized carbons (Fsp3) is 0.500. The van der Waals surface area contributed by atoms with Crippen LogP contribution in [0, 0.1) is 0 Å². The summed E-state index contributed by atoms with van der Waals surface area (Å²) in [6.07, 6.45) is 7.26. The normalized spacial score (nSPS) is 12.6. The van der Waals surface area contributed by atoms with Gasteiger partial charge in [-0.1, -0.05) is 24.8 Å². The average Bonchev–Trinajstić information content (AvgIpc) is 2.85. The first-order chi connectivity index (χ1) is 8.86. The first-order valence-electron chi connectivity index (χ1n) is 6.16. The Balaban J connectivity index is 2.32. The zero-order valence-corrected chi connectivity index (χ0v) is 11.4. The molecule has 96 valence electrons. The summed E-state index contributed by atoms with van der Waals surface area (Å²) < 4.78 is 4.08. The molecule has 0 saturated carbocycles. The molecule has 6 heteroatoms. The summed E-state index contributed by atoms with van der Waals surface area (Å²) in [5.74, 6) is 0. The van der Waals surface area contributed by atoms with Crippen molar-refractivity contribution in [3.63, 3.8) is 0 Å². The van der Waals surface area contributed by atoms with Crippen LogP contribution in [0.15, 0.2) is 18.7 Å². The smallest absolute Gasteiger partial charge is 0.115 e. The minimum Gasteiger partial charge on any atom is -0.306 e. The fourth-order valence-corrected chi connectivity index (χ4v) is 2.67. The van der Waals surface area contributed by atoms with Gasteiger partial charge in [0.1, 0.15) is 6.33 Å². The van der Waals surface area contributed by atoms with E-state index in [1.807, 2.05) is 12.4 Å². The maximum absolute atomic E-state index is 4.22. The molecule has 0 aromatic carbocycles. The van der Waals surface area contributed by atoms with Gasteiger partial charge in [0.25, 0.3) is 0 Å². The SMILES string of the molecule is CCCc1nnsc1C(NCC)c1cncnc1. The highest BCUT2D eigenvalue weighted by atomic mass is 32.1. The molecule has 0 saturated heterocycles. The summed E-state index contributed by atoms with van der Waals surface area (Å²) in [5, 5.41) is 7.67. The predicted octanol–water partition coefficient (Wildman–Crippen LogP) is 1.98. The molecular weight excluding hydrogens is 246 g/mol. The van der Waals surface area contributed by atoms with E-state index in [1.54, 1.807) is 6.33 Å². The Hall–Kier alpha value is -1.40. The monoisotopic (exact) mass is 263 g/mol. The molecular formula is C12H17N5S. The molecule has 0 aliphatic carbocycles. The number of hydrogen-bond donors (Lipinski definition) is 1. The van der Waals surface area contributed by atoms with Crippen LogP contribution in [0.5, 0.6) is 0 Å². The molecule has 0 aliphatic heterocycles. The van der Waals surface area contributed by atoms with E-state index in [9.17, 15) is 0 Å². The van der Waals surface area contributed by atoms with Crippen LogP contribution in [0.25, 0.3) is 0 Å². The minimum absolute atomic E-state index is 0.0951. The van der Waals surface area contributed by atoms with E-state index in [0.29, 0.717) is 0 Å². The molecule has 18 heavy (non-hydrogen) atoms. The number of nitrogens with zero attached hydrogens (tertiary/aromatic N) is 4. The van der Waals surface area contributed by atoms with Gasteiger partial charge >= 0.3 is 0 Å². The highest BCUT2D eigenvalue weighted by Crippen LogP contribution is 2.26. The Morgan fingerprint density at radius 3 is 2.72 bits per heavy atom. The van der Waals surface area contributed by atoms with Gasteiger partial charge in [0.2, 0.25) is 0 Å². The van der Waals surface area contributed by atoms with Gasteiger partial charge in [-0.05, 0) is 24.5 Å². The Kier molecular flexibility index (Phi) is 4.72. The van der Waals surface area contributed by atoms with Gasteiger partial charge in [-0.2, -0.15) is 0 Å². The van der Waals surface area contributed by atoms with Crippen LogP contribution < -0.4 is 5.32 Å². The van der Waals surface area contributed by atoms with Crippen molar-refractivity contribution in [3.05, 3.63) is 34.9 Å². The number of rotatable bonds is 6. The van der Waals surface area contributed by atoms with Crippen LogP contribution in [-0.4, -0.2) is 26.1 Å². The molecule has 2 heterocycles. The van der Waals surface area contributed by atoms with Gasteiger partial charge in [-0.3, -0.25) is 0 Å². The number of nitrogens with one attached hydrogen (secondary N) is 1. The Morgan fingerprint density at radius 2 is 2.06 bits per heavy atom. The molecule has 0 radical (unpaired) electrons. The average molecular weight is 263 g/mol. The van der Waals surface area contributed by atoms with Crippen molar-refractivity contribution in [2.24, 2.45) is 0 Å². The number of aryl methyl sites for hydroxylation is 1. The maximum atomic E-state index is 4.22. The van der Waals surface area contributed by atoms with E-state index in [2.05, 4.69) is 38.7 Å². The number of aromatic nitrogens is 4. The van der Waals surface area contributed by atoms with Gasteiger partial charge in [0, 0.05) is 18.0 Å². The lowest BCUT2D eigenvalue weighted by Gasteiger charge is -2.16. The molecule has 0 fully saturated rings. The van der Waals surface area contributed by atoms with Crippen molar-refractivity contribution >= 4 is 11.5 Å². The van der Waals surface area contributed by atoms with Crippen molar-refractivity contribution < 1.29 is 0 Å². The Labute approximate surface area is 111 Å². The molecule has 2 aromatic rings. The summed E-state index contributed by atoms with van der Waals surface area (Å²) in [7, 11) is 0. The molecule has 1 N–H and O–H groups in total. The van der Waals surface area contributed by atoms with Gasteiger partial charge in [-0.25, -0.2) is 9.97 Å². The standard InChI is InChI=1S/C12H17N5S/c1-3-5-10-12(18-17-16-10)11(15-4-2)9-6-13-8-14-7-9/h6-8,11,15H,3-5H2,1-2H3. The summed E-state index contributed by atoms with van der Waals surface area (Å²) in [5.41, 5.74) is 2.14. The van der Waals surface area contributed by atoms with Crippen LogP contribution >= 0.6 is 11.5 Å². The largest absolute Gasteiger partial charge is 0.306 e. The van der Waals surface area contributed by atoms with E-state index >= 15 is 0 Å². The second-order valence-electron chi connectivity index (χ2n) is 4.00. The first kappa shape index (κ1) is 13.0. The van der Waals surface area contributed by atoms with Gasteiger partial charge < -0.3 is 5.32 Å². The highest BCUT2D eigenvalue weighted by molar-refractivity contribution is 7.05. The molecule has 2 aromatic heterocycles. The molecule has 0 bridgehead atoms. The zero-order chi connectivity index (χ0) is 12.8. The van der Waals surface area contributed by atoms with Gasteiger partial charge in [-0.15, -0.1) is 5.10 Å². The van der Waals surface area contributed by atoms with Crippen LogP contribution in [0.2, 0.25) is 0 Å². The molecule has 2 rings (SSSR count). The zero-order valence-electron chi connectivity index (χ0n) is 10.6. The van der Waals surface area contributed by atoms with Gasteiger partial charge in [0.05, 0.1) is 16.6 Å². The van der Waals surface area contributed by atoms with Crippen LogP contribution in [0.1, 0.15) is 42.4 Å². The molecule has 0 aliphatic rings. The van der Waals surface area contributed by atoms with E-state index in [-0.39, 0.29) is 6.04 Å². The maximum Gasteiger partial charge on any atom is 0.115 e. The predicted molar refractivity (Wildman–Crippen MR) is 71.5 cm³/mol. The fourth-order valence-electron chi connectivity index (χ4n) is 1.87. The summed E-state index contributed by atoms with van der Waals surface area (Å²) in [6.45, 7) is 5.12. The topological polar surface area (TPSA) is 63.6 Å². The molecule has 0 spiro atoms. The van der Waals surface area contributed by atoms with E-state index in [1.165, 1.54) is 16.4 Å². The Morgan fingerprint density at radius 1 is 1.28 bits per heavy atom. The molecule has 1 atom stereocenters. The van der Waals surface area contributed by atoms with E-state index in [0.717, 1.165) is 30.6 Å². The lowest BCUT2D eigenvalue weighted by atomic mass is 10.1. The van der Waals surface area contributed by atoms with Crippen molar-refractivity contribution in [3.8, 4) is 0 Å². The third kappa shape index (κ3) is 2.88. The van der Waals surface area contributed by atoms with Crippen LogP contribution in [0.4, 0.5) is 0 Å². The van der Waals surface area contributed by atoms with Crippen LogP contribution in [0.3, 0.4) is 0 Å². The highest BCUT2D eigenvalue weighted by Gasteiger charge is 2.20. The Bertz CT molecular complexity index is 470. The van der Waals surface area contributed by atoms with Crippen molar-refractivity contribution in [2.75, 3.05) is 6.54 Å². The molecule has 1 unspecified atom stereocenters.